The van der Waals surface area contributed by atoms with E-state index >= 15 is 0 Å². The highest BCUT2D eigenvalue weighted by Crippen LogP contribution is 2.34. The van der Waals surface area contributed by atoms with Crippen molar-refractivity contribution in [2.75, 3.05) is 16.8 Å². The number of rotatable bonds is 5. The molecule has 5 nitrogen and oxygen atoms in total. The number of benzene rings is 2. The Labute approximate surface area is 172 Å². The summed E-state index contributed by atoms with van der Waals surface area (Å²) in [4.78, 5) is 27.2. The van der Waals surface area contributed by atoms with Crippen LogP contribution in [-0.2, 0) is 9.59 Å². The molecular formula is C24H27N3O2. The average molecular weight is 389 g/mol. The molecule has 5 heteroatoms. The number of anilines is 2. The maximum Gasteiger partial charge on any atom is 0.229 e. The summed E-state index contributed by atoms with van der Waals surface area (Å²) in [5.74, 6) is -0.0346. The first-order valence-corrected chi connectivity index (χ1v) is 10.1. The Balaban J connectivity index is 1.80. The Morgan fingerprint density at radius 3 is 2.17 bits per heavy atom. The standard InChI is InChI=1S/C24H27N3O2/c1-15(2)20-6-5-7-21(16(3)4)23(20)26-24(29)18-12-22(28)27(14-18)19-10-8-17(13-25)9-11-19/h5-11,15-16,18H,12,14H2,1-4H3,(H,26,29). The molecule has 0 bridgehead atoms. The molecule has 1 saturated heterocycles. The molecule has 2 aromatic rings. The van der Waals surface area contributed by atoms with E-state index in [2.05, 4.69) is 51.2 Å². The van der Waals surface area contributed by atoms with Crippen molar-refractivity contribution in [3.05, 3.63) is 59.2 Å². The van der Waals surface area contributed by atoms with E-state index < -0.39 is 5.92 Å². The van der Waals surface area contributed by atoms with Gasteiger partial charge in [0, 0.05) is 24.3 Å². The summed E-state index contributed by atoms with van der Waals surface area (Å²) >= 11 is 0. The van der Waals surface area contributed by atoms with Crippen molar-refractivity contribution >= 4 is 23.2 Å². The lowest BCUT2D eigenvalue weighted by Crippen LogP contribution is -2.28. The lowest BCUT2D eigenvalue weighted by atomic mass is 9.92. The van der Waals surface area contributed by atoms with E-state index in [9.17, 15) is 9.59 Å². The lowest BCUT2D eigenvalue weighted by Gasteiger charge is -2.21. The van der Waals surface area contributed by atoms with Gasteiger partial charge >= 0.3 is 0 Å². The van der Waals surface area contributed by atoms with Gasteiger partial charge in [-0.15, -0.1) is 0 Å². The second-order valence-corrected chi connectivity index (χ2v) is 8.17. The van der Waals surface area contributed by atoms with E-state index in [-0.39, 0.29) is 30.1 Å². The first-order chi connectivity index (χ1) is 13.8. The van der Waals surface area contributed by atoms with Crippen LogP contribution < -0.4 is 10.2 Å². The van der Waals surface area contributed by atoms with Gasteiger partial charge in [0.2, 0.25) is 11.8 Å². The number of carbonyl (C=O) groups is 2. The van der Waals surface area contributed by atoms with Gasteiger partial charge in [0.05, 0.1) is 17.6 Å². The number of para-hydroxylation sites is 1. The molecule has 1 heterocycles. The molecule has 1 atom stereocenters. The van der Waals surface area contributed by atoms with Crippen LogP contribution in [0.1, 0.15) is 62.6 Å². The normalized spacial score (nSPS) is 16.4. The van der Waals surface area contributed by atoms with Crippen LogP contribution in [0.25, 0.3) is 0 Å². The molecule has 150 valence electrons. The first-order valence-electron chi connectivity index (χ1n) is 10.1. The topological polar surface area (TPSA) is 73.2 Å². The molecule has 1 N–H and O–H groups in total. The van der Waals surface area contributed by atoms with Crippen LogP contribution in [-0.4, -0.2) is 18.4 Å². The number of hydrogen-bond donors (Lipinski definition) is 1. The molecule has 0 aliphatic carbocycles. The molecule has 0 spiro atoms. The third-order valence-electron chi connectivity index (χ3n) is 5.43. The van der Waals surface area contributed by atoms with E-state index in [0.717, 1.165) is 22.5 Å². The van der Waals surface area contributed by atoms with Crippen LogP contribution >= 0.6 is 0 Å². The van der Waals surface area contributed by atoms with Gasteiger partial charge in [-0.25, -0.2) is 0 Å². The molecule has 0 aromatic heterocycles. The van der Waals surface area contributed by atoms with E-state index in [0.29, 0.717) is 12.1 Å². The molecule has 2 amide bonds. The van der Waals surface area contributed by atoms with Crippen LogP contribution in [0.4, 0.5) is 11.4 Å². The van der Waals surface area contributed by atoms with Gasteiger partial charge < -0.3 is 10.2 Å². The van der Waals surface area contributed by atoms with Gasteiger partial charge in [0.15, 0.2) is 0 Å². The van der Waals surface area contributed by atoms with Crippen molar-refractivity contribution < 1.29 is 9.59 Å². The molecule has 3 rings (SSSR count). The summed E-state index contributed by atoms with van der Waals surface area (Å²) in [5, 5.41) is 12.1. The highest BCUT2D eigenvalue weighted by molar-refractivity contribution is 6.04. The van der Waals surface area contributed by atoms with Gasteiger partial charge in [-0.1, -0.05) is 45.9 Å². The van der Waals surface area contributed by atoms with Crippen molar-refractivity contribution in [2.45, 2.75) is 46.0 Å². The number of nitriles is 1. The first kappa shape index (κ1) is 20.6. The highest BCUT2D eigenvalue weighted by Gasteiger charge is 2.35. The summed E-state index contributed by atoms with van der Waals surface area (Å²) in [6.07, 6.45) is 0.187. The predicted molar refractivity (Wildman–Crippen MR) is 115 cm³/mol. The third-order valence-corrected chi connectivity index (χ3v) is 5.43. The van der Waals surface area contributed by atoms with Crippen LogP contribution in [0.15, 0.2) is 42.5 Å². The summed E-state index contributed by atoms with van der Waals surface area (Å²) in [5.41, 5.74) is 4.36. The maximum absolute atomic E-state index is 13.1. The second-order valence-electron chi connectivity index (χ2n) is 8.17. The Hall–Kier alpha value is -3.13. The molecular weight excluding hydrogens is 362 g/mol. The molecule has 1 aliphatic rings. The van der Waals surface area contributed by atoms with Crippen molar-refractivity contribution in [3.63, 3.8) is 0 Å². The summed E-state index contributed by atoms with van der Waals surface area (Å²) in [6.45, 7) is 8.79. The number of nitrogens with zero attached hydrogens (tertiary/aromatic N) is 2. The zero-order chi connectivity index (χ0) is 21.1. The quantitative estimate of drug-likeness (QED) is 0.798. The minimum absolute atomic E-state index is 0.0731. The van der Waals surface area contributed by atoms with Gasteiger partial charge in [-0.2, -0.15) is 5.26 Å². The Morgan fingerprint density at radius 1 is 1.07 bits per heavy atom. The summed E-state index contributed by atoms with van der Waals surface area (Å²) < 4.78 is 0. The second kappa shape index (κ2) is 8.48. The fourth-order valence-corrected chi connectivity index (χ4v) is 3.77. The zero-order valence-electron chi connectivity index (χ0n) is 17.4. The van der Waals surface area contributed by atoms with E-state index in [4.69, 9.17) is 5.26 Å². The van der Waals surface area contributed by atoms with Crippen molar-refractivity contribution in [1.29, 1.82) is 5.26 Å². The molecule has 1 unspecified atom stereocenters. The molecule has 29 heavy (non-hydrogen) atoms. The van der Waals surface area contributed by atoms with E-state index in [1.54, 1.807) is 29.2 Å². The molecule has 0 radical (unpaired) electrons. The monoisotopic (exact) mass is 389 g/mol. The average Bonchev–Trinajstić information content (AvgIpc) is 3.09. The lowest BCUT2D eigenvalue weighted by molar-refractivity contribution is -0.122. The Kier molecular flexibility index (Phi) is 6.03. The van der Waals surface area contributed by atoms with Crippen LogP contribution in [0.3, 0.4) is 0 Å². The van der Waals surface area contributed by atoms with Gasteiger partial charge in [0.1, 0.15) is 0 Å². The van der Waals surface area contributed by atoms with Gasteiger partial charge in [-0.3, -0.25) is 9.59 Å². The van der Waals surface area contributed by atoms with E-state index in [1.165, 1.54) is 0 Å². The number of carbonyl (C=O) groups excluding carboxylic acids is 2. The Morgan fingerprint density at radius 2 is 1.66 bits per heavy atom. The predicted octanol–water partition coefficient (Wildman–Crippen LogP) is 4.80. The molecule has 2 aromatic carbocycles. The SMILES string of the molecule is CC(C)c1cccc(C(C)C)c1NC(=O)C1CC(=O)N(c2ccc(C#N)cc2)C1. The summed E-state index contributed by atoms with van der Waals surface area (Å²) in [6, 6.07) is 15.1. The van der Waals surface area contributed by atoms with Gasteiger partial charge in [0.25, 0.3) is 0 Å². The van der Waals surface area contributed by atoms with Gasteiger partial charge in [-0.05, 0) is 47.2 Å². The number of hydrogen-bond acceptors (Lipinski definition) is 3. The third kappa shape index (κ3) is 4.32. The fourth-order valence-electron chi connectivity index (χ4n) is 3.77. The number of amides is 2. The van der Waals surface area contributed by atoms with Crippen LogP contribution in [0.5, 0.6) is 0 Å². The minimum atomic E-state index is -0.404. The summed E-state index contributed by atoms with van der Waals surface area (Å²) in [7, 11) is 0. The molecule has 0 saturated carbocycles. The van der Waals surface area contributed by atoms with Crippen molar-refractivity contribution in [1.82, 2.24) is 0 Å². The van der Waals surface area contributed by atoms with E-state index in [1.807, 2.05) is 6.07 Å². The fraction of sp³-hybridized carbons (Fsp3) is 0.375. The smallest absolute Gasteiger partial charge is 0.229 e. The van der Waals surface area contributed by atoms with Crippen molar-refractivity contribution in [3.8, 4) is 6.07 Å². The van der Waals surface area contributed by atoms with Crippen LogP contribution in [0.2, 0.25) is 0 Å². The minimum Gasteiger partial charge on any atom is -0.325 e. The maximum atomic E-state index is 13.1. The van der Waals surface area contributed by atoms with Crippen LogP contribution in [0, 0.1) is 17.2 Å². The molecule has 1 aliphatic heterocycles. The van der Waals surface area contributed by atoms with Crippen molar-refractivity contribution in [2.24, 2.45) is 5.92 Å². The largest absolute Gasteiger partial charge is 0.325 e. The molecule has 1 fully saturated rings. The number of nitrogens with one attached hydrogen (secondary N) is 1. The highest BCUT2D eigenvalue weighted by atomic mass is 16.2. The zero-order valence-corrected chi connectivity index (χ0v) is 17.4. The Bertz CT molecular complexity index is 929.